The zero-order valence-corrected chi connectivity index (χ0v) is 11.5. The van der Waals surface area contributed by atoms with Gasteiger partial charge in [-0.2, -0.15) is 0 Å². The minimum absolute atomic E-state index is 0.0490. The number of ether oxygens (including phenoxy) is 2. The largest absolute Gasteiger partial charge is 0.458 e. The van der Waals surface area contributed by atoms with Gasteiger partial charge in [0.05, 0.1) is 11.4 Å². The Balaban J connectivity index is 3.16. The molecule has 1 rings (SSSR count). The fraction of sp³-hybridized carbons (Fsp3) is 0.133. The minimum atomic E-state index is -0.896. The number of nitrogens with zero attached hydrogens (tertiary/aromatic N) is 1. The van der Waals surface area contributed by atoms with E-state index in [1.54, 1.807) is 18.2 Å². The zero-order chi connectivity index (χ0) is 15.7. The zero-order valence-electron chi connectivity index (χ0n) is 11.5. The fourth-order valence-corrected chi connectivity index (χ4v) is 1.37. The standard InChI is InChI=1S/C15H16N2O4/c1-3-9-20-14(18)12(15(19)21-10-4-2)13(16)11-7-5-6-8-17-11/h3-8H,1-2,9-10,16H2. The Labute approximate surface area is 122 Å². The fourth-order valence-electron chi connectivity index (χ4n) is 1.37. The number of esters is 2. The van der Waals surface area contributed by atoms with E-state index in [4.69, 9.17) is 15.2 Å². The van der Waals surface area contributed by atoms with Crippen LogP contribution in [-0.2, 0) is 19.1 Å². The lowest BCUT2D eigenvalue weighted by Crippen LogP contribution is -2.23. The van der Waals surface area contributed by atoms with Crippen LogP contribution < -0.4 is 5.73 Å². The topological polar surface area (TPSA) is 91.5 Å². The van der Waals surface area contributed by atoms with Crippen molar-refractivity contribution in [3.8, 4) is 0 Å². The Bertz CT molecular complexity index is 538. The number of pyridine rings is 1. The van der Waals surface area contributed by atoms with E-state index >= 15 is 0 Å². The molecule has 6 nitrogen and oxygen atoms in total. The van der Waals surface area contributed by atoms with Crippen LogP contribution in [0.25, 0.3) is 5.70 Å². The van der Waals surface area contributed by atoms with Crippen LogP contribution in [0.2, 0.25) is 0 Å². The maximum atomic E-state index is 12.0. The van der Waals surface area contributed by atoms with E-state index in [1.165, 1.54) is 18.3 Å². The summed E-state index contributed by atoms with van der Waals surface area (Å²) in [4.78, 5) is 27.9. The highest BCUT2D eigenvalue weighted by atomic mass is 16.6. The summed E-state index contributed by atoms with van der Waals surface area (Å²) in [5.41, 5.74) is 5.61. The van der Waals surface area contributed by atoms with Crippen LogP contribution in [0.15, 0.2) is 55.3 Å². The molecule has 1 aromatic rings. The minimum Gasteiger partial charge on any atom is -0.458 e. The van der Waals surface area contributed by atoms with Crippen molar-refractivity contribution in [1.82, 2.24) is 4.98 Å². The maximum Gasteiger partial charge on any atom is 0.348 e. The summed E-state index contributed by atoms with van der Waals surface area (Å²) < 4.78 is 9.70. The quantitative estimate of drug-likeness (QED) is 0.266. The van der Waals surface area contributed by atoms with Gasteiger partial charge in [-0.1, -0.05) is 31.4 Å². The summed E-state index contributed by atoms with van der Waals surface area (Å²) in [5, 5.41) is 0. The van der Waals surface area contributed by atoms with Crippen molar-refractivity contribution in [2.75, 3.05) is 13.2 Å². The van der Waals surface area contributed by atoms with Gasteiger partial charge in [-0.05, 0) is 12.1 Å². The van der Waals surface area contributed by atoms with Crippen molar-refractivity contribution in [3.05, 3.63) is 61.0 Å². The summed E-state index contributed by atoms with van der Waals surface area (Å²) in [5.74, 6) is -1.79. The Morgan fingerprint density at radius 3 is 2.14 bits per heavy atom. The van der Waals surface area contributed by atoms with E-state index in [0.29, 0.717) is 0 Å². The SMILES string of the molecule is C=CCOC(=O)C(C(=O)OCC=C)=C(N)c1ccccn1. The highest BCUT2D eigenvalue weighted by Crippen LogP contribution is 2.14. The van der Waals surface area contributed by atoms with Gasteiger partial charge in [-0.15, -0.1) is 0 Å². The lowest BCUT2D eigenvalue weighted by molar-refractivity contribution is -0.145. The highest BCUT2D eigenvalue weighted by Gasteiger charge is 2.26. The molecule has 0 amide bonds. The van der Waals surface area contributed by atoms with E-state index in [9.17, 15) is 9.59 Å². The molecule has 0 aliphatic carbocycles. The molecule has 110 valence electrons. The summed E-state index contributed by atoms with van der Waals surface area (Å²) in [6, 6.07) is 4.93. The summed E-state index contributed by atoms with van der Waals surface area (Å²) >= 11 is 0. The molecule has 21 heavy (non-hydrogen) atoms. The molecule has 0 atom stereocenters. The maximum absolute atomic E-state index is 12.0. The average Bonchev–Trinajstić information content (AvgIpc) is 2.51. The molecular weight excluding hydrogens is 272 g/mol. The smallest absolute Gasteiger partial charge is 0.348 e. The van der Waals surface area contributed by atoms with Crippen molar-refractivity contribution >= 4 is 17.6 Å². The third-order valence-corrected chi connectivity index (χ3v) is 2.28. The Morgan fingerprint density at radius 2 is 1.71 bits per heavy atom. The molecule has 1 heterocycles. The number of hydrogen-bond donors (Lipinski definition) is 1. The second-order valence-electron chi connectivity index (χ2n) is 3.78. The molecule has 0 unspecified atom stereocenters. The van der Waals surface area contributed by atoms with Crippen molar-refractivity contribution in [2.24, 2.45) is 5.73 Å². The summed E-state index contributed by atoms with van der Waals surface area (Å²) in [7, 11) is 0. The Hall–Kier alpha value is -2.89. The molecule has 0 fully saturated rings. The van der Waals surface area contributed by atoms with Crippen LogP contribution in [0.3, 0.4) is 0 Å². The van der Waals surface area contributed by atoms with Gasteiger partial charge in [0.15, 0.2) is 5.57 Å². The van der Waals surface area contributed by atoms with Gasteiger partial charge in [-0.3, -0.25) is 4.98 Å². The third-order valence-electron chi connectivity index (χ3n) is 2.28. The van der Waals surface area contributed by atoms with Gasteiger partial charge in [0, 0.05) is 6.20 Å². The van der Waals surface area contributed by atoms with E-state index in [1.807, 2.05) is 0 Å². The van der Waals surface area contributed by atoms with Crippen LogP contribution in [0, 0.1) is 0 Å². The molecule has 0 aliphatic rings. The number of hydrogen-bond acceptors (Lipinski definition) is 6. The van der Waals surface area contributed by atoms with Gasteiger partial charge in [-0.25, -0.2) is 9.59 Å². The predicted octanol–water partition coefficient (Wildman–Crippen LogP) is 1.21. The first-order valence-electron chi connectivity index (χ1n) is 6.09. The molecule has 0 bridgehead atoms. The number of nitrogens with two attached hydrogens (primary N) is 1. The average molecular weight is 288 g/mol. The monoisotopic (exact) mass is 288 g/mol. The molecule has 6 heteroatoms. The number of carbonyl (C=O) groups is 2. The normalized spacial score (nSPS) is 9.33. The second-order valence-corrected chi connectivity index (χ2v) is 3.78. The number of aromatic nitrogens is 1. The first-order chi connectivity index (χ1) is 10.1. The number of carbonyl (C=O) groups excluding carboxylic acids is 2. The summed E-state index contributed by atoms with van der Waals surface area (Å²) in [6.45, 7) is 6.75. The lowest BCUT2D eigenvalue weighted by atomic mass is 10.1. The molecule has 0 aromatic carbocycles. The van der Waals surface area contributed by atoms with Crippen molar-refractivity contribution < 1.29 is 19.1 Å². The Morgan fingerprint density at radius 1 is 1.14 bits per heavy atom. The van der Waals surface area contributed by atoms with Gasteiger partial charge in [0.25, 0.3) is 0 Å². The van der Waals surface area contributed by atoms with Gasteiger partial charge < -0.3 is 15.2 Å². The van der Waals surface area contributed by atoms with Crippen LogP contribution in [-0.4, -0.2) is 30.1 Å². The molecule has 1 aromatic heterocycles. The highest BCUT2D eigenvalue weighted by molar-refractivity contribution is 6.19. The second kappa shape index (κ2) is 8.31. The van der Waals surface area contributed by atoms with Crippen molar-refractivity contribution in [1.29, 1.82) is 0 Å². The van der Waals surface area contributed by atoms with Gasteiger partial charge in [0.2, 0.25) is 0 Å². The molecule has 2 N–H and O–H groups in total. The van der Waals surface area contributed by atoms with Gasteiger partial charge >= 0.3 is 11.9 Å². The number of rotatable bonds is 7. The lowest BCUT2D eigenvalue weighted by Gasteiger charge is -2.10. The Kier molecular flexibility index (Phi) is 6.40. The van der Waals surface area contributed by atoms with Crippen LogP contribution >= 0.6 is 0 Å². The third kappa shape index (κ3) is 4.61. The van der Waals surface area contributed by atoms with Crippen LogP contribution in [0.4, 0.5) is 0 Å². The molecule has 0 spiro atoms. The van der Waals surface area contributed by atoms with Crippen LogP contribution in [0.5, 0.6) is 0 Å². The first-order valence-corrected chi connectivity index (χ1v) is 6.09. The van der Waals surface area contributed by atoms with Crippen molar-refractivity contribution in [2.45, 2.75) is 0 Å². The molecule has 0 saturated heterocycles. The molecular formula is C15H16N2O4. The first kappa shape index (κ1) is 16.2. The molecule has 0 radical (unpaired) electrons. The van der Waals surface area contributed by atoms with Gasteiger partial charge in [0.1, 0.15) is 13.2 Å². The molecule has 0 aliphatic heterocycles. The van der Waals surface area contributed by atoms with E-state index in [-0.39, 0.29) is 24.6 Å². The molecule has 0 saturated carbocycles. The van der Waals surface area contributed by atoms with Crippen LogP contribution in [0.1, 0.15) is 5.69 Å². The van der Waals surface area contributed by atoms with E-state index < -0.39 is 17.5 Å². The predicted molar refractivity (Wildman–Crippen MR) is 77.7 cm³/mol. The summed E-state index contributed by atoms with van der Waals surface area (Å²) in [6.07, 6.45) is 4.24. The van der Waals surface area contributed by atoms with E-state index in [2.05, 4.69) is 18.1 Å². The van der Waals surface area contributed by atoms with E-state index in [0.717, 1.165) is 0 Å². The van der Waals surface area contributed by atoms with Crippen molar-refractivity contribution in [3.63, 3.8) is 0 Å².